The van der Waals surface area contributed by atoms with Gasteiger partial charge < -0.3 is 14.5 Å². The number of hydrogen-bond acceptors (Lipinski definition) is 5. The lowest BCUT2D eigenvalue weighted by molar-refractivity contribution is -0.148. The minimum atomic E-state index is -0.892. The Kier molecular flexibility index (Phi) is 5.52. The van der Waals surface area contributed by atoms with Crippen molar-refractivity contribution >= 4 is 17.7 Å². The lowest BCUT2D eigenvalue weighted by Crippen LogP contribution is -2.29. The number of carbonyl (C=O) groups is 3. The zero-order chi connectivity index (χ0) is 17.1. The molecule has 0 saturated carbocycles. The SMILES string of the molecule is COC(=O)CCc1c(C)[nH]c(C(=O)C(=O)OC(C)(C)C)c1C. The van der Waals surface area contributed by atoms with E-state index < -0.39 is 17.4 Å². The number of ketones is 1. The summed E-state index contributed by atoms with van der Waals surface area (Å²) in [4.78, 5) is 38.2. The number of rotatable bonds is 5. The molecule has 0 aromatic carbocycles. The highest BCUT2D eigenvalue weighted by Gasteiger charge is 2.28. The summed E-state index contributed by atoms with van der Waals surface area (Å²) in [7, 11) is 1.33. The number of aryl methyl sites for hydroxylation is 1. The van der Waals surface area contributed by atoms with Crippen LogP contribution >= 0.6 is 0 Å². The highest BCUT2D eigenvalue weighted by atomic mass is 16.6. The predicted molar refractivity (Wildman–Crippen MR) is 80.8 cm³/mol. The van der Waals surface area contributed by atoms with E-state index in [4.69, 9.17) is 4.74 Å². The van der Waals surface area contributed by atoms with Crippen LogP contribution in [0.5, 0.6) is 0 Å². The molecule has 6 heteroatoms. The van der Waals surface area contributed by atoms with Crippen molar-refractivity contribution in [3.05, 3.63) is 22.5 Å². The van der Waals surface area contributed by atoms with Crippen molar-refractivity contribution in [2.45, 2.75) is 53.1 Å². The average Bonchev–Trinajstić information content (AvgIpc) is 2.68. The average molecular weight is 309 g/mol. The fourth-order valence-corrected chi connectivity index (χ4v) is 2.15. The van der Waals surface area contributed by atoms with Crippen molar-refractivity contribution in [2.75, 3.05) is 7.11 Å². The van der Waals surface area contributed by atoms with Gasteiger partial charge in [0.05, 0.1) is 12.8 Å². The first kappa shape index (κ1) is 17.9. The molecule has 0 atom stereocenters. The third-order valence-electron chi connectivity index (χ3n) is 3.21. The van der Waals surface area contributed by atoms with Gasteiger partial charge in [0.2, 0.25) is 0 Å². The van der Waals surface area contributed by atoms with Gasteiger partial charge in [-0.1, -0.05) is 0 Å². The van der Waals surface area contributed by atoms with Gasteiger partial charge in [-0.15, -0.1) is 0 Å². The molecule has 0 unspecified atom stereocenters. The van der Waals surface area contributed by atoms with Crippen LogP contribution in [0.25, 0.3) is 0 Å². The van der Waals surface area contributed by atoms with Gasteiger partial charge in [0, 0.05) is 12.1 Å². The van der Waals surface area contributed by atoms with Crippen LogP contribution in [0.3, 0.4) is 0 Å². The smallest absolute Gasteiger partial charge is 0.381 e. The molecule has 1 aromatic heterocycles. The second kappa shape index (κ2) is 6.77. The zero-order valence-corrected chi connectivity index (χ0v) is 14.0. The molecule has 1 heterocycles. The maximum Gasteiger partial charge on any atom is 0.381 e. The van der Waals surface area contributed by atoms with E-state index in [1.165, 1.54) is 7.11 Å². The topological polar surface area (TPSA) is 85.5 Å². The molecule has 0 aliphatic rings. The van der Waals surface area contributed by atoms with Crippen LogP contribution in [0.4, 0.5) is 0 Å². The Morgan fingerprint density at radius 2 is 1.73 bits per heavy atom. The number of H-pyrrole nitrogens is 1. The first-order chi connectivity index (χ1) is 10.1. The first-order valence-electron chi connectivity index (χ1n) is 7.09. The van der Waals surface area contributed by atoms with Crippen molar-refractivity contribution < 1.29 is 23.9 Å². The molecule has 0 aliphatic carbocycles. The van der Waals surface area contributed by atoms with Crippen molar-refractivity contribution in [3.8, 4) is 0 Å². The molecule has 0 aliphatic heterocycles. The van der Waals surface area contributed by atoms with Gasteiger partial charge in [0.15, 0.2) is 0 Å². The molecule has 1 rings (SSSR count). The van der Waals surface area contributed by atoms with E-state index >= 15 is 0 Å². The molecule has 1 aromatic rings. The molecular formula is C16H23NO5. The fraction of sp³-hybridized carbons (Fsp3) is 0.562. The lowest BCUT2D eigenvalue weighted by atomic mass is 10.0. The molecule has 22 heavy (non-hydrogen) atoms. The van der Waals surface area contributed by atoms with Crippen LogP contribution in [0, 0.1) is 13.8 Å². The second-order valence-electron chi connectivity index (χ2n) is 6.14. The van der Waals surface area contributed by atoms with Crippen LogP contribution in [-0.2, 0) is 25.5 Å². The third-order valence-corrected chi connectivity index (χ3v) is 3.21. The molecule has 0 bridgehead atoms. The number of ether oxygens (including phenoxy) is 2. The summed E-state index contributed by atoms with van der Waals surface area (Å²) >= 11 is 0. The van der Waals surface area contributed by atoms with E-state index in [0.29, 0.717) is 12.0 Å². The molecule has 0 spiro atoms. The Bertz CT molecular complexity index is 592. The Labute approximate surface area is 130 Å². The molecule has 122 valence electrons. The van der Waals surface area contributed by atoms with E-state index in [0.717, 1.165) is 11.3 Å². The van der Waals surface area contributed by atoms with Crippen molar-refractivity contribution in [1.82, 2.24) is 4.98 Å². The molecule has 0 amide bonds. The Hall–Kier alpha value is -2.11. The van der Waals surface area contributed by atoms with Gasteiger partial charge >= 0.3 is 11.9 Å². The van der Waals surface area contributed by atoms with Crippen molar-refractivity contribution in [2.24, 2.45) is 0 Å². The van der Waals surface area contributed by atoms with Crippen molar-refractivity contribution in [3.63, 3.8) is 0 Å². The quantitative estimate of drug-likeness (QED) is 0.512. The maximum absolute atomic E-state index is 12.2. The molecule has 0 radical (unpaired) electrons. The number of hydrogen-bond donors (Lipinski definition) is 1. The van der Waals surface area contributed by atoms with Gasteiger partial charge in [0.25, 0.3) is 5.78 Å². The minimum absolute atomic E-state index is 0.214. The summed E-state index contributed by atoms with van der Waals surface area (Å²) in [5, 5.41) is 0. The number of methoxy groups -OCH3 is 1. The summed E-state index contributed by atoms with van der Waals surface area (Å²) in [6.45, 7) is 8.64. The van der Waals surface area contributed by atoms with E-state index in [1.54, 1.807) is 34.6 Å². The molecule has 0 saturated heterocycles. The standard InChI is InChI=1S/C16H23NO5/c1-9-11(7-8-12(18)21-6)10(2)17-13(9)14(19)15(20)22-16(3,4)5/h17H,7-8H2,1-6H3. The van der Waals surface area contributed by atoms with Gasteiger partial charge in [0.1, 0.15) is 5.60 Å². The monoisotopic (exact) mass is 309 g/mol. The zero-order valence-electron chi connectivity index (χ0n) is 14.0. The minimum Gasteiger partial charge on any atom is -0.469 e. The predicted octanol–water partition coefficient (Wildman–Crippen LogP) is 2.26. The Morgan fingerprint density at radius 1 is 1.14 bits per heavy atom. The number of carbonyl (C=O) groups excluding carboxylic acids is 3. The van der Waals surface area contributed by atoms with Gasteiger partial charge in [-0.05, 0) is 52.2 Å². The van der Waals surface area contributed by atoms with Crippen LogP contribution in [0.15, 0.2) is 0 Å². The van der Waals surface area contributed by atoms with E-state index in [9.17, 15) is 14.4 Å². The molecule has 0 fully saturated rings. The second-order valence-corrected chi connectivity index (χ2v) is 6.14. The summed E-state index contributed by atoms with van der Waals surface area (Å²) in [5.41, 5.74) is 1.75. The number of Topliss-reactive ketones (excluding diaryl/α,β-unsaturated/α-hetero) is 1. The lowest BCUT2D eigenvalue weighted by Gasteiger charge is -2.18. The number of aromatic amines is 1. The molecular weight excluding hydrogens is 286 g/mol. The van der Waals surface area contributed by atoms with E-state index in [1.807, 2.05) is 0 Å². The number of nitrogens with one attached hydrogen (secondary N) is 1. The Balaban J connectivity index is 2.95. The normalized spacial score (nSPS) is 11.2. The van der Waals surface area contributed by atoms with E-state index in [-0.39, 0.29) is 18.1 Å². The first-order valence-corrected chi connectivity index (χ1v) is 7.09. The maximum atomic E-state index is 12.2. The van der Waals surface area contributed by atoms with Crippen molar-refractivity contribution in [1.29, 1.82) is 0 Å². The molecule has 1 N–H and O–H groups in total. The Morgan fingerprint density at radius 3 is 2.23 bits per heavy atom. The number of aromatic nitrogens is 1. The van der Waals surface area contributed by atoms with Crippen LogP contribution in [-0.4, -0.2) is 35.4 Å². The summed E-state index contributed by atoms with van der Waals surface area (Å²) in [6, 6.07) is 0. The highest BCUT2D eigenvalue weighted by Crippen LogP contribution is 2.21. The molecule has 6 nitrogen and oxygen atoms in total. The summed E-state index contributed by atoms with van der Waals surface area (Å²) < 4.78 is 9.70. The van der Waals surface area contributed by atoms with E-state index in [2.05, 4.69) is 9.72 Å². The summed E-state index contributed by atoms with van der Waals surface area (Å²) in [5.74, 6) is -1.92. The summed E-state index contributed by atoms with van der Waals surface area (Å²) in [6.07, 6.45) is 0.665. The van der Waals surface area contributed by atoms with Crippen LogP contribution in [0.1, 0.15) is 54.5 Å². The number of esters is 2. The fourth-order valence-electron chi connectivity index (χ4n) is 2.15. The largest absolute Gasteiger partial charge is 0.469 e. The van der Waals surface area contributed by atoms with Crippen LogP contribution < -0.4 is 0 Å². The van der Waals surface area contributed by atoms with Gasteiger partial charge in [-0.3, -0.25) is 9.59 Å². The van der Waals surface area contributed by atoms with Gasteiger partial charge in [-0.25, -0.2) is 4.79 Å². The van der Waals surface area contributed by atoms with Gasteiger partial charge in [-0.2, -0.15) is 0 Å². The third kappa shape index (κ3) is 4.44. The van der Waals surface area contributed by atoms with Crippen LogP contribution in [0.2, 0.25) is 0 Å². The highest BCUT2D eigenvalue weighted by molar-refractivity contribution is 6.40.